The normalized spacial score (nSPS) is 16.0. The summed E-state index contributed by atoms with van der Waals surface area (Å²) in [5.41, 5.74) is 8.83. The van der Waals surface area contributed by atoms with Crippen LogP contribution in [0.15, 0.2) is 71.9 Å². The first kappa shape index (κ1) is 21.8. The predicted octanol–water partition coefficient (Wildman–Crippen LogP) is 2.99. The van der Waals surface area contributed by atoms with Crippen molar-refractivity contribution in [3.8, 4) is 11.3 Å². The van der Waals surface area contributed by atoms with Gasteiger partial charge in [0.15, 0.2) is 0 Å². The third kappa shape index (κ3) is 5.24. The molecule has 1 atom stereocenters. The Bertz CT molecular complexity index is 1100. The molecule has 1 aromatic heterocycles. The van der Waals surface area contributed by atoms with E-state index in [2.05, 4.69) is 15.3 Å². The van der Waals surface area contributed by atoms with Crippen LogP contribution in [0.5, 0.6) is 0 Å². The molecular formula is C22H25N5O2S2. The molecule has 1 aliphatic rings. The Morgan fingerprint density at radius 2 is 1.74 bits per heavy atom. The summed E-state index contributed by atoms with van der Waals surface area (Å²) in [4.78, 5) is 8.91. The average Bonchev–Trinajstić information content (AvgIpc) is 2.84. The maximum Gasteiger partial charge on any atom is 0.243 e. The van der Waals surface area contributed by atoms with E-state index in [0.717, 1.165) is 22.6 Å². The summed E-state index contributed by atoms with van der Waals surface area (Å²) in [5, 5.41) is 3.25. The summed E-state index contributed by atoms with van der Waals surface area (Å²) in [6, 6.07) is 18.4. The zero-order chi connectivity index (χ0) is 21.7. The average molecular weight is 456 g/mol. The molecule has 2 heterocycles. The van der Waals surface area contributed by atoms with Crippen molar-refractivity contribution in [1.82, 2.24) is 14.3 Å². The number of thioether (sulfide) groups is 1. The predicted molar refractivity (Wildman–Crippen MR) is 125 cm³/mol. The Labute approximate surface area is 187 Å². The van der Waals surface area contributed by atoms with Gasteiger partial charge in [0.05, 0.1) is 10.6 Å². The minimum Gasteiger partial charge on any atom is -0.368 e. The van der Waals surface area contributed by atoms with Crippen molar-refractivity contribution in [3.05, 3.63) is 72.6 Å². The molecule has 1 aliphatic heterocycles. The van der Waals surface area contributed by atoms with Gasteiger partial charge in [-0.05, 0) is 17.7 Å². The molecular weight excluding hydrogens is 430 g/mol. The second-order valence-electron chi connectivity index (χ2n) is 7.23. The molecule has 0 radical (unpaired) electrons. The van der Waals surface area contributed by atoms with Crippen LogP contribution in [0.3, 0.4) is 0 Å². The lowest BCUT2D eigenvalue weighted by Gasteiger charge is -2.25. The lowest BCUT2D eigenvalue weighted by atomic mass is 10.1. The van der Waals surface area contributed by atoms with Gasteiger partial charge in [-0.1, -0.05) is 42.5 Å². The van der Waals surface area contributed by atoms with E-state index in [9.17, 15) is 8.42 Å². The Hall–Kier alpha value is -2.46. The lowest BCUT2D eigenvalue weighted by molar-refractivity contribution is 0.443. The standard InChI is InChI=1S/C22H25N5O2S2/c23-20(17-4-2-1-3-5-17)15-24-22-14-21(25-16-26-22)18-6-8-19(9-7-18)31(28,29)27-10-12-30-13-11-27/h1-9,14,16,20H,10-13,15,23H2,(H,24,25,26). The number of nitrogens with two attached hydrogens (primary N) is 1. The topological polar surface area (TPSA) is 101 Å². The van der Waals surface area contributed by atoms with Crippen LogP contribution in [-0.4, -0.2) is 53.8 Å². The van der Waals surface area contributed by atoms with Crippen molar-refractivity contribution in [2.45, 2.75) is 10.9 Å². The molecule has 4 rings (SSSR count). The Morgan fingerprint density at radius 3 is 2.45 bits per heavy atom. The lowest BCUT2D eigenvalue weighted by Crippen LogP contribution is -2.37. The van der Waals surface area contributed by atoms with Crippen LogP contribution in [0.25, 0.3) is 11.3 Å². The molecule has 0 bridgehead atoms. The molecule has 7 nitrogen and oxygen atoms in total. The van der Waals surface area contributed by atoms with Gasteiger partial charge in [-0.15, -0.1) is 0 Å². The first-order chi connectivity index (χ1) is 15.0. The largest absolute Gasteiger partial charge is 0.368 e. The SMILES string of the molecule is NC(CNc1cc(-c2ccc(S(=O)(=O)N3CCSCC3)cc2)ncn1)c1ccccc1. The van der Waals surface area contributed by atoms with Crippen molar-refractivity contribution >= 4 is 27.6 Å². The van der Waals surface area contributed by atoms with E-state index >= 15 is 0 Å². The third-order valence-corrected chi connectivity index (χ3v) is 8.01. The van der Waals surface area contributed by atoms with Crippen molar-refractivity contribution in [1.29, 1.82) is 0 Å². The van der Waals surface area contributed by atoms with E-state index in [1.165, 1.54) is 6.33 Å². The third-order valence-electron chi connectivity index (χ3n) is 5.16. The number of benzene rings is 2. The maximum absolute atomic E-state index is 12.8. The van der Waals surface area contributed by atoms with E-state index in [-0.39, 0.29) is 6.04 Å². The summed E-state index contributed by atoms with van der Waals surface area (Å²) in [6.45, 7) is 1.65. The maximum atomic E-state index is 12.8. The van der Waals surface area contributed by atoms with Crippen LogP contribution in [0, 0.1) is 0 Å². The van der Waals surface area contributed by atoms with Crippen LogP contribution in [0.4, 0.5) is 5.82 Å². The highest BCUT2D eigenvalue weighted by molar-refractivity contribution is 7.99. The van der Waals surface area contributed by atoms with Crippen molar-refractivity contribution < 1.29 is 8.42 Å². The zero-order valence-corrected chi connectivity index (χ0v) is 18.6. The second-order valence-corrected chi connectivity index (χ2v) is 10.4. The molecule has 1 fully saturated rings. The Balaban J connectivity index is 1.45. The summed E-state index contributed by atoms with van der Waals surface area (Å²) in [6.07, 6.45) is 1.49. The number of rotatable bonds is 7. The molecule has 1 unspecified atom stereocenters. The van der Waals surface area contributed by atoms with E-state index in [4.69, 9.17) is 5.73 Å². The first-order valence-corrected chi connectivity index (χ1v) is 12.7. The number of hydrogen-bond donors (Lipinski definition) is 2. The highest BCUT2D eigenvalue weighted by Crippen LogP contribution is 2.24. The zero-order valence-electron chi connectivity index (χ0n) is 17.0. The Morgan fingerprint density at radius 1 is 1.03 bits per heavy atom. The van der Waals surface area contributed by atoms with Gasteiger partial charge in [0.25, 0.3) is 0 Å². The monoisotopic (exact) mass is 455 g/mol. The minimum absolute atomic E-state index is 0.155. The fourth-order valence-electron chi connectivity index (χ4n) is 3.38. The molecule has 3 aromatic rings. The van der Waals surface area contributed by atoms with Gasteiger partial charge >= 0.3 is 0 Å². The van der Waals surface area contributed by atoms with E-state index < -0.39 is 10.0 Å². The summed E-state index contributed by atoms with van der Waals surface area (Å²) < 4.78 is 27.2. The number of aromatic nitrogens is 2. The van der Waals surface area contributed by atoms with Gasteiger partial charge in [0.1, 0.15) is 12.1 Å². The molecule has 0 spiro atoms. The van der Waals surface area contributed by atoms with Gasteiger partial charge < -0.3 is 11.1 Å². The molecule has 0 amide bonds. The molecule has 1 saturated heterocycles. The second kappa shape index (κ2) is 9.78. The molecule has 0 saturated carbocycles. The van der Waals surface area contributed by atoms with Gasteiger partial charge in [-0.3, -0.25) is 0 Å². The van der Waals surface area contributed by atoms with Crippen molar-refractivity contribution in [3.63, 3.8) is 0 Å². The van der Waals surface area contributed by atoms with Crippen LogP contribution >= 0.6 is 11.8 Å². The van der Waals surface area contributed by atoms with Crippen LogP contribution < -0.4 is 11.1 Å². The number of nitrogens with zero attached hydrogens (tertiary/aromatic N) is 3. The van der Waals surface area contributed by atoms with Crippen LogP contribution in [0.2, 0.25) is 0 Å². The van der Waals surface area contributed by atoms with Crippen molar-refractivity contribution in [2.24, 2.45) is 5.73 Å². The van der Waals surface area contributed by atoms with E-state index in [0.29, 0.717) is 36.0 Å². The molecule has 162 valence electrons. The summed E-state index contributed by atoms with van der Waals surface area (Å²) >= 11 is 1.78. The van der Waals surface area contributed by atoms with Gasteiger partial charge in [0, 0.05) is 48.8 Å². The minimum atomic E-state index is -3.45. The molecule has 0 aliphatic carbocycles. The Kier molecular flexibility index (Phi) is 6.86. The number of anilines is 1. The number of nitrogens with one attached hydrogen (secondary N) is 1. The van der Waals surface area contributed by atoms with Gasteiger partial charge in [-0.2, -0.15) is 16.1 Å². The van der Waals surface area contributed by atoms with Crippen molar-refractivity contribution in [2.75, 3.05) is 36.5 Å². The van der Waals surface area contributed by atoms with Gasteiger partial charge in [0.2, 0.25) is 10.0 Å². The van der Waals surface area contributed by atoms with Crippen LogP contribution in [-0.2, 0) is 10.0 Å². The highest BCUT2D eigenvalue weighted by Gasteiger charge is 2.26. The smallest absolute Gasteiger partial charge is 0.243 e. The molecule has 3 N–H and O–H groups in total. The van der Waals surface area contributed by atoms with E-state index in [1.807, 2.05) is 36.4 Å². The molecule has 2 aromatic carbocycles. The molecule has 9 heteroatoms. The van der Waals surface area contributed by atoms with Crippen LogP contribution in [0.1, 0.15) is 11.6 Å². The number of sulfonamides is 1. The number of hydrogen-bond acceptors (Lipinski definition) is 7. The summed E-state index contributed by atoms with van der Waals surface area (Å²) in [5.74, 6) is 2.34. The summed E-state index contributed by atoms with van der Waals surface area (Å²) in [7, 11) is -3.45. The van der Waals surface area contributed by atoms with E-state index in [1.54, 1.807) is 40.3 Å². The fraction of sp³-hybridized carbons (Fsp3) is 0.273. The van der Waals surface area contributed by atoms with Gasteiger partial charge in [-0.25, -0.2) is 18.4 Å². The molecule has 31 heavy (non-hydrogen) atoms. The highest BCUT2D eigenvalue weighted by atomic mass is 32.2. The fourth-order valence-corrected chi connectivity index (χ4v) is 5.95. The quantitative estimate of drug-likeness (QED) is 0.565. The first-order valence-electron chi connectivity index (χ1n) is 10.1.